The average Bonchev–Trinajstić information content (AvgIpc) is 2.46. The molecule has 0 radical (unpaired) electrons. The second-order valence-corrected chi connectivity index (χ2v) is 5.57. The first kappa shape index (κ1) is 15.0. The number of amides is 1. The highest BCUT2D eigenvalue weighted by Gasteiger charge is 2.22. The van der Waals surface area contributed by atoms with Crippen LogP contribution in [0.5, 0.6) is 0 Å². The molecule has 1 aliphatic heterocycles. The first-order valence-electron chi connectivity index (χ1n) is 6.88. The van der Waals surface area contributed by atoms with Gasteiger partial charge in [-0.05, 0) is 22.4 Å². The number of nitrogens with one attached hydrogen (secondary N) is 1. The van der Waals surface area contributed by atoms with Gasteiger partial charge in [0.25, 0.3) is 0 Å². The Morgan fingerprint density at radius 3 is 2.65 bits per heavy atom. The van der Waals surface area contributed by atoms with Gasteiger partial charge in [0.15, 0.2) is 0 Å². The zero-order valence-corrected chi connectivity index (χ0v) is 13.5. The van der Waals surface area contributed by atoms with Crippen LogP contribution in [0.25, 0.3) is 0 Å². The number of rotatable bonds is 4. The van der Waals surface area contributed by atoms with Crippen LogP contribution in [0.3, 0.4) is 0 Å². The minimum atomic E-state index is 0.136. The van der Waals surface area contributed by atoms with E-state index >= 15 is 0 Å². The van der Waals surface area contributed by atoms with E-state index in [1.54, 1.807) is 13.3 Å². The molecule has 6 nitrogen and oxygen atoms in total. The van der Waals surface area contributed by atoms with Crippen LogP contribution in [-0.4, -0.2) is 53.5 Å². The second kappa shape index (κ2) is 6.88. The molecule has 1 N–H and O–H groups in total. The van der Waals surface area contributed by atoms with Gasteiger partial charge in [-0.25, -0.2) is 9.97 Å². The second-order valence-electron chi connectivity index (χ2n) is 4.78. The first-order valence-corrected chi connectivity index (χ1v) is 7.67. The van der Waals surface area contributed by atoms with E-state index < -0.39 is 0 Å². The van der Waals surface area contributed by atoms with E-state index in [0.717, 1.165) is 55.3 Å². The lowest BCUT2D eigenvalue weighted by Crippen LogP contribution is -2.48. The van der Waals surface area contributed by atoms with Crippen molar-refractivity contribution in [3.63, 3.8) is 0 Å². The minimum absolute atomic E-state index is 0.136. The number of halogens is 1. The third kappa shape index (κ3) is 3.39. The van der Waals surface area contributed by atoms with Crippen LogP contribution in [-0.2, 0) is 4.79 Å². The SMILES string of the molecule is CCCNc1ncnc(N2CCN(C(C)=O)CC2)c1Br. The van der Waals surface area contributed by atoms with Gasteiger partial charge in [-0.2, -0.15) is 0 Å². The van der Waals surface area contributed by atoms with Crippen LogP contribution in [0, 0.1) is 0 Å². The molecule has 0 saturated carbocycles. The summed E-state index contributed by atoms with van der Waals surface area (Å²) in [5, 5.41) is 3.28. The Balaban J connectivity index is 2.08. The van der Waals surface area contributed by atoms with E-state index in [2.05, 4.69) is 43.0 Å². The van der Waals surface area contributed by atoms with Crippen molar-refractivity contribution in [3.8, 4) is 0 Å². The number of nitrogens with zero attached hydrogens (tertiary/aromatic N) is 4. The Morgan fingerprint density at radius 1 is 1.35 bits per heavy atom. The fourth-order valence-electron chi connectivity index (χ4n) is 2.18. The van der Waals surface area contributed by atoms with Crippen molar-refractivity contribution in [2.45, 2.75) is 20.3 Å². The van der Waals surface area contributed by atoms with Gasteiger partial charge in [-0.3, -0.25) is 4.79 Å². The van der Waals surface area contributed by atoms with Gasteiger partial charge in [0.1, 0.15) is 22.4 Å². The summed E-state index contributed by atoms with van der Waals surface area (Å²) in [5.41, 5.74) is 0. The molecular formula is C13H20BrN5O. The molecule has 1 saturated heterocycles. The van der Waals surface area contributed by atoms with Crippen molar-refractivity contribution >= 4 is 33.5 Å². The third-order valence-corrected chi connectivity index (χ3v) is 4.07. The predicted octanol–water partition coefficient (Wildman–Crippen LogP) is 1.73. The molecule has 110 valence electrons. The molecule has 1 fully saturated rings. The van der Waals surface area contributed by atoms with Crippen LogP contribution in [0.1, 0.15) is 20.3 Å². The maximum Gasteiger partial charge on any atom is 0.219 e. The lowest BCUT2D eigenvalue weighted by Gasteiger charge is -2.35. The summed E-state index contributed by atoms with van der Waals surface area (Å²) >= 11 is 3.58. The normalized spacial score (nSPS) is 15.3. The fourth-order valence-corrected chi connectivity index (χ4v) is 2.78. The van der Waals surface area contributed by atoms with E-state index in [0.29, 0.717) is 0 Å². The van der Waals surface area contributed by atoms with E-state index in [9.17, 15) is 4.79 Å². The summed E-state index contributed by atoms with van der Waals surface area (Å²) in [4.78, 5) is 24.0. The summed E-state index contributed by atoms with van der Waals surface area (Å²) in [5.74, 6) is 1.85. The average molecular weight is 342 g/mol. The highest BCUT2D eigenvalue weighted by molar-refractivity contribution is 9.10. The van der Waals surface area contributed by atoms with E-state index in [1.807, 2.05) is 4.90 Å². The molecule has 1 aliphatic rings. The smallest absolute Gasteiger partial charge is 0.219 e. The van der Waals surface area contributed by atoms with Crippen molar-refractivity contribution in [1.82, 2.24) is 14.9 Å². The molecule has 0 bridgehead atoms. The van der Waals surface area contributed by atoms with Crippen molar-refractivity contribution in [2.75, 3.05) is 42.9 Å². The number of carbonyl (C=O) groups is 1. The molecule has 0 aliphatic carbocycles. The maximum absolute atomic E-state index is 11.3. The standard InChI is InChI=1S/C13H20BrN5O/c1-3-4-15-12-11(14)13(17-9-16-12)19-7-5-18(6-8-19)10(2)20/h9H,3-8H2,1-2H3,(H,15,16,17). The molecule has 20 heavy (non-hydrogen) atoms. The van der Waals surface area contributed by atoms with Crippen molar-refractivity contribution in [2.24, 2.45) is 0 Å². The molecule has 2 heterocycles. The summed E-state index contributed by atoms with van der Waals surface area (Å²) in [6.45, 7) is 7.68. The monoisotopic (exact) mass is 341 g/mol. The quantitative estimate of drug-likeness (QED) is 0.903. The minimum Gasteiger partial charge on any atom is -0.369 e. The number of hydrogen-bond acceptors (Lipinski definition) is 5. The molecule has 0 atom stereocenters. The van der Waals surface area contributed by atoms with Crippen molar-refractivity contribution in [1.29, 1.82) is 0 Å². The summed E-state index contributed by atoms with van der Waals surface area (Å²) < 4.78 is 0.893. The molecule has 7 heteroatoms. The zero-order valence-electron chi connectivity index (χ0n) is 11.9. The van der Waals surface area contributed by atoms with E-state index in [4.69, 9.17) is 0 Å². The van der Waals surface area contributed by atoms with Crippen molar-refractivity contribution < 1.29 is 4.79 Å². The molecule has 1 aromatic heterocycles. The molecule has 0 spiro atoms. The molecular weight excluding hydrogens is 322 g/mol. The Kier molecular flexibility index (Phi) is 5.17. The van der Waals surface area contributed by atoms with Gasteiger partial charge in [-0.15, -0.1) is 0 Å². The van der Waals surface area contributed by atoms with Gasteiger partial charge in [-0.1, -0.05) is 6.92 Å². The maximum atomic E-state index is 11.3. The number of piperazine rings is 1. The third-order valence-electron chi connectivity index (χ3n) is 3.34. The molecule has 1 aromatic rings. The highest BCUT2D eigenvalue weighted by atomic mass is 79.9. The van der Waals surface area contributed by atoms with Crippen LogP contribution >= 0.6 is 15.9 Å². The van der Waals surface area contributed by atoms with Gasteiger partial charge >= 0.3 is 0 Å². The van der Waals surface area contributed by atoms with Gasteiger partial charge < -0.3 is 15.1 Å². The van der Waals surface area contributed by atoms with Gasteiger partial charge in [0.2, 0.25) is 5.91 Å². The molecule has 0 aromatic carbocycles. The van der Waals surface area contributed by atoms with Gasteiger partial charge in [0.05, 0.1) is 0 Å². The molecule has 2 rings (SSSR count). The highest BCUT2D eigenvalue weighted by Crippen LogP contribution is 2.29. The molecule has 1 amide bonds. The van der Waals surface area contributed by atoms with Crippen LogP contribution < -0.4 is 10.2 Å². The van der Waals surface area contributed by atoms with Gasteiger partial charge in [0, 0.05) is 39.6 Å². The number of anilines is 2. The summed E-state index contributed by atoms with van der Waals surface area (Å²) in [6.07, 6.45) is 2.62. The van der Waals surface area contributed by atoms with E-state index in [1.165, 1.54) is 0 Å². The fraction of sp³-hybridized carbons (Fsp3) is 0.615. The Hall–Kier alpha value is -1.37. The first-order chi connectivity index (χ1) is 9.63. The molecule has 0 unspecified atom stereocenters. The zero-order chi connectivity index (χ0) is 14.5. The number of hydrogen-bond donors (Lipinski definition) is 1. The van der Waals surface area contributed by atoms with Crippen LogP contribution in [0.2, 0.25) is 0 Å². The Morgan fingerprint density at radius 2 is 2.05 bits per heavy atom. The van der Waals surface area contributed by atoms with Crippen LogP contribution in [0.15, 0.2) is 10.8 Å². The topological polar surface area (TPSA) is 61.4 Å². The lowest BCUT2D eigenvalue weighted by molar-refractivity contribution is -0.129. The number of aromatic nitrogens is 2. The van der Waals surface area contributed by atoms with Crippen molar-refractivity contribution in [3.05, 3.63) is 10.8 Å². The summed E-state index contributed by atoms with van der Waals surface area (Å²) in [7, 11) is 0. The predicted molar refractivity (Wildman–Crippen MR) is 83.0 cm³/mol. The Bertz CT molecular complexity index is 474. The summed E-state index contributed by atoms with van der Waals surface area (Å²) in [6, 6.07) is 0. The Labute approximate surface area is 127 Å². The van der Waals surface area contributed by atoms with E-state index in [-0.39, 0.29) is 5.91 Å². The largest absolute Gasteiger partial charge is 0.369 e. The lowest BCUT2D eigenvalue weighted by atomic mass is 10.3. The number of carbonyl (C=O) groups excluding carboxylic acids is 1. The van der Waals surface area contributed by atoms with Crippen LogP contribution in [0.4, 0.5) is 11.6 Å².